The maximum absolute atomic E-state index is 10.8. The maximum atomic E-state index is 10.8. The molecule has 108 valence electrons. The molecule has 0 aromatic rings. The Bertz CT molecular complexity index is 107. The molecule has 0 aliphatic carbocycles. The summed E-state index contributed by atoms with van der Waals surface area (Å²) < 4.78 is 0. The molecule has 0 spiro atoms. The lowest BCUT2D eigenvalue weighted by Gasteiger charge is -2.18. The quantitative estimate of drug-likeness (QED) is 0.673. The van der Waals surface area contributed by atoms with E-state index in [1.807, 2.05) is 41.5 Å². The summed E-state index contributed by atoms with van der Waals surface area (Å²) in [4.78, 5) is 13.0. The topological polar surface area (TPSA) is 20.3 Å². The third-order valence-electron chi connectivity index (χ3n) is 1.53. The fourth-order valence-electron chi connectivity index (χ4n) is 1.22. The number of nitrogens with zero attached hydrogens (tertiary/aromatic N) is 1. The Labute approximate surface area is 111 Å². The molecule has 2 nitrogen and oxygen atoms in total. The van der Waals surface area contributed by atoms with Crippen molar-refractivity contribution in [3.05, 3.63) is 0 Å². The van der Waals surface area contributed by atoms with Gasteiger partial charge in [-0.3, -0.25) is 9.69 Å². The van der Waals surface area contributed by atoms with Crippen LogP contribution in [-0.4, -0.2) is 30.3 Å². The molecule has 0 atom stereocenters. The van der Waals surface area contributed by atoms with E-state index >= 15 is 0 Å². The molecule has 0 aliphatic heterocycles. The molecule has 0 rings (SSSR count). The number of hydrogen-bond acceptors (Lipinski definition) is 2. The number of hydrogen-bond donors (Lipinski definition) is 0. The zero-order valence-electron chi connectivity index (χ0n) is 13.9. The molecule has 0 radical (unpaired) electrons. The minimum atomic E-state index is 0.270. The van der Waals surface area contributed by atoms with Crippen molar-refractivity contribution in [1.29, 1.82) is 0 Å². The van der Waals surface area contributed by atoms with Crippen molar-refractivity contribution in [2.45, 2.75) is 75.2 Å². The molecule has 0 aliphatic rings. The monoisotopic (exact) mass is 247 g/mol. The largest absolute Gasteiger partial charge is 0.299 e. The van der Waals surface area contributed by atoms with Crippen molar-refractivity contribution >= 4 is 5.78 Å². The first kappa shape index (κ1) is 25.5. The first-order valence-corrected chi connectivity index (χ1v) is 7.42. The van der Waals surface area contributed by atoms with Gasteiger partial charge in [0.1, 0.15) is 5.78 Å². The van der Waals surface area contributed by atoms with Crippen LogP contribution < -0.4 is 0 Å². The van der Waals surface area contributed by atoms with Gasteiger partial charge in [0.15, 0.2) is 0 Å². The van der Waals surface area contributed by atoms with E-state index in [2.05, 4.69) is 18.7 Å². The van der Waals surface area contributed by atoms with Crippen LogP contribution >= 0.6 is 0 Å². The second-order valence-corrected chi connectivity index (χ2v) is 2.98. The molecule has 0 heterocycles. The van der Waals surface area contributed by atoms with Crippen LogP contribution in [0.2, 0.25) is 0 Å². The average molecular weight is 247 g/mol. The van der Waals surface area contributed by atoms with Gasteiger partial charge in [-0.15, -0.1) is 0 Å². The molecule has 0 unspecified atom stereocenters. The van der Waals surface area contributed by atoms with E-state index in [1.165, 1.54) is 0 Å². The molecular formula is C15H37NO. The number of Topliss-reactive ketones (excluding diaryl/α,β-unsaturated/α-hetero) is 1. The van der Waals surface area contributed by atoms with Crippen LogP contribution in [0.25, 0.3) is 0 Å². The van der Waals surface area contributed by atoms with E-state index in [4.69, 9.17) is 0 Å². The Morgan fingerprint density at radius 1 is 0.824 bits per heavy atom. The zero-order chi connectivity index (χ0) is 14.7. The summed E-state index contributed by atoms with van der Waals surface area (Å²) in [6.45, 7) is 20.7. The molecule has 0 saturated heterocycles. The Hall–Kier alpha value is -0.370. The van der Waals surface area contributed by atoms with Crippen LogP contribution in [0.4, 0.5) is 0 Å². The van der Waals surface area contributed by atoms with Crippen LogP contribution in [0.5, 0.6) is 0 Å². The highest BCUT2D eigenvalue weighted by Crippen LogP contribution is 1.93. The van der Waals surface area contributed by atoms with E-state index in [0.29, 0.717) is 6.54 Å². The second kappa shape index (κ2) is 29.6. The summed E-state index contributed by atoms with van der Waals surface area (Å²) >= 11 is 0. The zero-order valence-corrected chi connectivity index (χ0v) is 13.9. The van der Waals surface area contributed by atoms with E-state index < -0.39 is 0 Å². The highest BCUT2D eigenvalue weighted by molar-refractivity contribution is 5.77. The molecule has 0 saturated carbocycles. The molecule has 0 N–H and O–H groups in total. The van der Waals surface area contributed by atoms with Crippen molar-refractivity contribution in [1.82, 2.24) is 4.90 Å². The van der Waals surface area contributed by atoms with Crippen LogP contribution in [0.3, 0.4) is 0 Å². The van der Waals surface area contributed by atoms with Gasteiger partial charge < -0.3 is 0 Å². The lowest BCUT2D eigenvalue weighted by molar-refractivity contribution is -0.118. The fourth-order valence-corrected chi connectivity index (χ4v) is 1.22. The van der Waals surface area contributed by atoms with E-state index in [1.54, 1.807) is 6.92 Å². The van der Waals surface area contributed by atoms with Gasteiger partial charge in [0.2, 0.25) is 0 Å². The normalized spacial score (nSPS) is 7.88. The summed E-state index contributed by atoms with van der Waals surface area (Å²) in [5.41, 5.74) is 0. The molecule has 0 fully saturated rings. The summed E-state index contributed by atoms with van der Waals surface area (Å²) in [7, 11) is 0. The predicted octanol–water partition coefficient (Wildman–Crippen LogP) is 4.78. The lowest BCUT2D eigenvalue weighted by Crippen LogP contribution is -2.30. The standard InChI is InChI=1S/C9H19NO.3C2H6/c1-4-6-10(7-5-2)8-9(3)11;3*1-2/h4-8H2,1-3H3;3*1-2H3. The van der Waals surface area contributed by atoms with Gasteiger partial charge in [-0.25, -0.2) is 0 Å². The van der Waals surface area contributed by atoms with Gasteiger partial charge in [0.05, 0.1) is 6.54 Å². The molecule has 0 aromatic carbocycles. The van der Waals surface area contributed by atoms with E-state index in [9.17, 15) is 4.79 Å². The molecule has 0 amide bonds. The van der Waals surface area contributed by atoms with Gasteiger partial charge in [0, 0.05) is 0 Å². The minimum Gasteiger partial charge on any atom is -0.299 e. The summed E-state index contributed by atoms with van der Waals surface area (Å²) in [5, 5.41) is 0. The summed E-state index contributed by atoms with van der Waals surface area (Å²) in [5.74, 6) is 0.270. The number of carbonyl (C=O) groups is 1. The van der Waals surface area contributed by atoms with Gasteiger partial charge in [0.25, 0.3) is 0 Å². The van der Waals surface area contributed by atoms with Gasteiger partial charge in [-0.05, 0) is 32.9 Å². The van der Waals surface area contributed by atoms with Crippen molar-refractivity contribution in [3.63, 3.8) is 0 Å². The van der Waals surface area contributed by atoms with Crippen LogP contribution in [0.15, 0.2) is 0 Å². The van der Waals surface area contributed by atoms with E-state index in [-0.39, 0.29) is 5.78 Å². The Balaban J connectivity index is -0.000000121. The maximum Gasteiger partial charge on any atom is 0.143 e. The smallest absolute Gasteiger partial charge is 0.143 e. The third-order valence-corrected chi connectivity index (χ3v) is 1.53. The molecule has 0 aromatic heterocycles. The van der Waals surface area contributed by atoms with Crippen molar-refractivity contribution in [2.24, 2.45) is 0 Å². The molecular weight excluding hydrogens is 210 g/mol. The van der Waals surface area contributed by atoms with Crippen molar-refractivity contribution < 1.29 is 4.79 Å². The Kier molecular flexibility index (Phi) is 44.4. The summed E-state index contributed by atoms with van der Waals surface area (Å²) in [6.07, 6.45) is 2.26. The van der Waals surface area contributed by atoms with E-state index in [0.717, 1.165) is 25.9 Å². The molecule has 17 heavy (non-hydrogen) atoms. The predicted molar refractivity (Wildman–Crippen MR) is 81.7 cm³/mol. The highest BCUT2D eigenvalue weighted by Gasteiger charge is 2.03. The van der Waals surface area contributed by atoms with Crippen LogP contribution in [-0.2, 0) is 4.79 Å². The van der Waals surface area contributed by atoms with Crippen molar-refractivity contribution in [3.8, 4) is 0 Å². The Morgan fingerprint density at radius 2 is 1.12 bits per heavy atom. The number of carbonyl (C=O) groups excluding carboxylic acids is 1. The SMILES string of the molecule is CC.CC.CC.CCCN(CCC)CC(C)=O. The average Bonchev–Trinajstić information content (AvgIpc) is 2.36. The van der Waals surface area contributed by atoms with Gasteiger partial charge in [-0.1, -0.05) is 55.4 Å². The fraction of sp³-hybridized carbons (Fsp3) is 0.933. The summed E-state index contributed by atoms with van der Waals surface area (Å²) in [6, 6.07) is 0. The highest BCUT2D eigenvalue weighted by atomic mass is 16.1. The van der Waals surface area contributed by atoms with Crippen molar-refractivity contribution in [2.75, 3.05) is 19.6 Å². The molecule has 2 heteroatoms. The Morgan fingerprint density at radius 3 is 1.29 bits per heavy atom. The van der Waals surface area contributed by atoms with Crippen LogP contribution in [0.1, 0.15) is 75.2 Å². The first-order valence-electron chi connectivity index (χ1n) is 7.42. The first-order chi connectivity index (χ1) is 8.20. The van der Waals surface area contributed by atoms with Gasteiger partial charge in [-0.2, -0.15) is 0 Å². The van der Waals surface area contributed by atoms with Crippen LogP contribution in [0, 0.1) is 0 Å². The second-order valence-electron chi connectivity index (χ2n) is 2.98. The molecule has 0 bridgehead atoms. The number of rotatable bonds is 6. The van der Waals surface area contributed by atoms with Gasteiger partial charge >= 0.3 is 0 Å². The number of ketones is 1. The lowest BCUT2D eigenvalue weighted by atomic mass is 10.3. The minimum absolute atomic E-state index is 0.270. The third kappa shape index (κ3) is 31.3.